The molecule has 152 valence electrons. The molecule has 0 saturated carbocycles. The lowest BCUT2D eigenvalue weighted by Crippen LogP contribution is -2.54. The van der Waals surface area contributed by atoms with Gasteiger partial charge in [-0.3, -0.25) is 4.79 Å². The summed E-state index contributed by atoms with van der Waals surface area (Å²) in [6.07, 6.45) is 0.443. The summed E-state index contributed by atoms with van der Waals surface area (Å²) in [5, 5.41) is 0. The average molecular weight is 398 g/mol. The van der Waals surface area contributed by atoms with Crippen LogP contribution >= 0.6 is 0 Å². The number of nitrogens with zero attached hydrogens (tertiary/aromatic N) is 2. The Morgan fingerprint density at radius 2 is 1.85 bits per heavy atom. The van der Waals surface area contributed by atoms with E-state index < -0.39 is 16.1 Å². The van der Waals surface area contributed by atoms with Crippen molar-refractivity contribution in [3.05, 3.63) is 23.8 Å². The largest absolute Gasteiger partial charge is 0.495 e. The Morgan fingerprint density at radius 3 is 2.41 bits per heavy atom. The van der Waals surface area contributed by atoms with Gasteiger partial charge >= 0.3 is 0 Å². The van der Waals surface area contributed by atoms with E-state index in [4.69, 9.17) is 4.74 Å². The number of sulfonamides is 1. The summed E-state index contributed by atoms with van der Waals surface area (Å²) >= 11 is 0. The maximum absolute atomic E-state index is 13.0. The van der Waals surface area contributed by atoms with Crippen molar-refractivity contribution < 1.29 is 17.9 Å². The number of carbonyl (C=O) groups excluding carboxylic acids is 1. The van der Waals surface area contributed by atoms with Gasteiger partial charge in [-0.15, -0.1) is 0 Å². The molecular formula is C19H31N3O4S. The number of hydrogen-bond donors (Lipinski definition) is 1. The highest BCUT2D eigenvalue weighted by atomic mass is 32.2. The second-order valence-corrected chi connectivity index (χ2v) is 9.27. The lowest BCUT2D eigenvalue weighted by atomic mass is 10.0. The Morgan fingerprint density at radius 1 is 1.22 bits per heavy atom. The SMILES string of the molecule is COc1ccc(C)cc1S(=O)(=O)N[C@@H](CC(C)C)C(=O)N1CCN(C)CC1. The van der Waals surface area contributed by atoms with Crippen molar-refractivity contribution in [2.45, 2.75) is 38.1 Å². The molecule has 1 atom stereocenters. The number of likely N-dealkylation sites (N-methyl/N-ethyl adjacent to an activating group) is 1. The van der Waals surface area contributed by atoms with Crippen molar-refractivity contribution in [1.29, 1.82) is 0 Å². The van der Waals surface area contributed by atoms with Crippen LogP contribution in [0.5, 0.6) is 5.75 Å². The van der Waals surface area contributed by atoms with Crippen LogP contribution < -0.4 is 9.46 Å². The van der Waals surface area contributed by atoms with Crippen molar-refractivity contribution in [3.63, 3.8) is 0 Å². The van der Waals surface area contributed by atoms with Gasteiger partial charge in [0.05, 0.1) is 7.11 Å². The third kappa shape index (κ3) is 5.67. The highest BCUT2D eigenvalue weighted by Gasteiger charge is 2.32. The van der Waals surface area contributed by atoms with E-state index in [1.807, 2.05) is 27.8 Å². The molecule has 1 aliphatic heterocycles. The van der Waals surface area contributed by atoms with Gasteiger partial charge in [-0.1, -0.05) is 19.9 Å². The molecule has 1 saturated heterocycles. The molecule has 27 heavy (non-hydrogen) atoms. The number of piperazine rings is 1. The minimum Gasteiger partial charge on any atom is -0.495 e. The van der Waals surface area contributed by atoms with E-state index in [-0.39, 0.29) is 22.5 Å². The number of ether oxygens (including phenoxy) is 1. The number of rotatable bonds is 7. The Labute approximate surface area is 162 Å². The van der Waals surface area contributed by atoms with Crippen LogP contribution in [0.25, 0.3) is 0 Å². The molecule has 0 radical (unpaired) electrons. The molecule has 7 nitrogen and oxygen atoms in total. The molecule has 1 aromatic carbocycles. The molecule has 0 aliphatic carbocycles. The van der Waals surface area contributed by atoms with E-state index in [2.05, 4.69) is 9.62 Å². The standard InChI is InChI=1S/C19H31N3O4S/c1-14(2)12-16(19(23)22-10-8-21(4)9-11-22)20-27(24,25)18-13-15(3)6-7-17(18)26-5/h6-7,13-14,16,20H,8-12H2,1-5H3/t16-/m0/s1. The van der Waals surface area contributed by atoms with Gasteiger partial charge < -0.3 is 14.5 Å². The fraction of sp³-hybridized carbons (Fsp3) is 0.632. The molecule has 1 aromatic rings. The summed E-state index contributed by atoms with van der Waals surface area (Å²) in [7, 11) is -0.449. The molecule has 0 spiro atoms. The molecule has 1 fully saturated rings. The van der Waals surface area contributed by atoms with Crippen LogP contribution in [-0.4, -0.2) is 70.5 Å². The minimum absolute atomic E-state index is 0.0601. The van der Waals surface area contributed by atoms with Crippen LogP contribution in [0.1, 0.15) is 25.8 Å². The van der Waals surface area contributed by atoms with Gasteiger partial charge in [0.25, 0.3) is 0 Å². The lowest BCUT2D eigenvalue weighted by Gasteiger charge is -2.35. The molecule has 1 aliphatic rings. The second-order valence-electron chi connectivity index (χ2n) is 7.59. The summed E-state index contributed by atoms with van der Waals surface area (Å²) in [5.41, 5.74) is 0.807. The number of benzene rings is 1. The minimum atomic E-state index is -3.90. The summed E-state index contributed by atoms with van der Waals surface area (Å²) < 4.78 is 33.9. The smallest absolute Gasteiger partial charge is 0.244 e. The van der Waals surface area contributed by atoms with Crippen molar-refractivity contribution in [1.82, 2.24) is 14.5 Å². The Hall–Kier alpha value is -1.64. The Balaban J connectivity index is 2.27. The van der Waals surface area contributed by atoms with Crippen LogP contribution in [0.4, 0.5) is 0 Å². The first-order valence-electron chi connectivity index (χ1n) is 9.28. The Bertz CT molecular complexity index is 756. The molecule has 2 rings (SSSR count). The van der Waals surface area contributed by atoms with Gasteiger partial charge in [0.1, 0.15) is 16.7 Å². The second kappa shape index (κ2) is 9.03. The quantitative estimate of drug-likeness (QED) is 0.754. The highest BCUT2D eigenvalue weighted by Crippen LogP contribution is 2.25. The first kappa shape index (κ1) is 21.7. The summed E-state index contributed by atoms with van der Waals surface area (Å²) in [4.78, 5) is 17.0. The van der Waals surface area contributed by atoms with Crippen molar-refractivity contribution in [3.8, 4) is 5.75 Å². The maximum atomic E-state index is 13.0. The number of methoxy groups -OCH3 is 1. The van der Waals surface area contributed by atoms with E-state index in [1.54, 1.807) is 23.1 Å². The van der Waals surface area contributed by atoms with Crippen LogP contribution in [0.3, 0.4) is 0 Å². The summed E-state index contributed by atoms with van der Waals surface area (Å²) in [6, 6.07) is 4.19. The molecule has 1 amide bonds. The van der Waals surface area contributed by atoms with Crippen molar-refractivity contribution in [2.75, 3.05) is 40.3 Å². The van der Waals surface area contributed by atoms with Gasteiger partial charge in [-0.05, 0) is 44.0 Å². The topological polar surface area (TPSA) is 78.9 Å². The number of carbonyl (C=O) groups is 1. The molecule has 1 heterocycles. The van der Waals surface area contributed by atoms with E-state index in [0.29, 0.717) is 19.5 Å². The highest BCUT2D eigenvalue weighted by molar-refractivity contribution is 7.89. The third-order valence-corrected chi connectivity index (χ3v) is 6.22. The van der Waals surface area contributed by atoms with Crippen LogP contribution in [0.2, 0.25) is 0 Å². The van der Waals surface area contributed by atoms with Crippen molar-refractivity contribution in [2.24, 2.45) is 5.92 Å². The molecule has 8 heteroatoms. The molecule has 0 aromatic heterocycles. The summed E-state index contributed by atoms with van der Waals surface area (Å²) in [6.45, 7) is 8.58. The van der Waals surface area contributed by atoms with Crippen molar-refractivity contribution >= 4 is 15.9 Å². The van der Waals surface area contributed by atoms with Gasteiger partial charge in [0, 0.05) is 26.2 Å². The van der Waals surface area contributed by atoms with E-state index in [1.165, 1.54) is 7.11 Å². The number of aryl methyl sites for hydroxylation is 1. The fourth-order valence-corrected chi connectivity index (χ4v) is 4.62. The summed E-state index contributed by atoms with van der Waals surface area (Å²) in [5.74, 6) is 0.281. The maximum Gasteiger partial charge on any atom is 0.244 e. The monoisotopic (exact) mass is 397 g/mol. The van der Waals surface area contributed by atoms with Gasteiger partial charge in [-0.2, -0.15) is 4.72 Å². The zero-order valence-electron chi connectivity index (χ0n) is 16.9. The van der Waals surface area contributed by atoms with Crippen LogP contribution in [-0.2, 0) is 14.8 Å². The predicted molar refractivity (Wildman–Crippen MR) is 105 cm³/mol. The van der Waals surface area contributed by atoms with Crippen LogP contribution in [0.15, 0.2) is 23.1 Å². The molecule has 1 N–H and O–H groups in total. The van der Waals surface area contributed by atoms with Crippen LogP contribution in [0, 0.1) is 12.8 Å². The average Bonchev–Trinajstić information content (AvgIpc) is 2.60. The van der Waals surface area contributed by atoms with Gasteiger partial charge in [0.2, 0.25) is 15.9 Å². The number of amides is 1. The Kier molecular flexibility index (Phi) is 7.25. The number of nitrogens with one attached hydrogen (secondary N) is 1. The lowest BCUT2D eigenvalue weighted by molar-refractivity contribution is -0.135. The zero-order valence-corrected chi connectivity index (χ0v) is 17.7. The van der Waals surface area contributed by atoms with E-state index in [9.17, 15) is 13.2 Å². The third-order valence-electron chi connectivity index (χ3n) is 4.73. The van der Waals surface area contributed by atoms with E-state index >= 15 is 0 Å². The molecular weight excluding hydrogens is 366 g/mol. The zero-order chi connectivity index (χ0) is 20.2. The fourth-order valence-electron chi connectivity index (χ4n) is 3.16. The normalized spacial score (nSPS) is 17.2. The first-order valence-corrected chi connectivity index (χ1v) is 10.8. The molecule has 0 bridgehead atoms. The number of hydrogen-bond acceptors (Lipinski definition) is 5. The van der Waals surface area contributed by atoms with Gasteiger partial charge in [0.15, 0.2) is 0 Å². The van der Waals surface area contributed by atoms with Gasteiger partial charge in [-0.25, -0.2) is 8.42 Å². The van der Waals surface area contributed by atoms with E-state index in [0.717, 1.165) is 18.7 Å². The first-order chi connectivity index (χ1) is 12.6. The predicted octanol–water partition coefficient (Wildman–Crippen LogP) is 1.47. The molecule has 0 unspecified atom stereocenters.